The maximum absolute atomic E-state index is 12.7. The van der Waals surface area contributed by atoms with Gasteiger partial charge in [0.25, 0.3) is 5.91 Å². The third-order valence-electron chi connectivity index (χ3n) is 6.65. The lowest BCUT2D eigenvalue weighted by molar-refractivity contribution is 0.0894. The van der Waals surface area contributed by atoms with Crippen LogP contribution in [0.2, 0.25) is 5.02 Å². The number of rotatable bonds is 5. The zero-order valence-electron chi connectivity index (χ0n) is 18.5. The van der Waals surface area contributed by atoms with Crippen molar-refractivity contribution in [2.24, 2.45) is 5.92 Å². The van der Waals surface area contributed by atoms with Crippen LogP contribution in [0, 0.1) is 17.2 Å². The van der Waals surface area contributed by atoms with Crippen LogP contribution in [0.25, 0.3) is 0 Å². The Morgan fingerprint density at radius 3 is 2.38 bits per heavy atom. The molecule has 2 aromatic rings. The molecule has 1 N–H and O–H groups in total. The van der Waals surface area contributed by atoms with Crippen molar-refractivity contribution in [3.63, 3.8) is 0 Å². The third kappa shape index (κ3) is 5.55. The number of ether oxygens (including phenoxy) is 1. The number of hydrogen-bond acceptors (Lipinski definition) is 4. The molecule has 32 heavy (non-hydrogen) atoms. The molecule has 1 heterocycles. The van der Waals surface area contributed by atoms with Crippen LogP contribution >= 0.6 is 11.6 Å². The van der Waals surface area contributed by atoms with Gasteiger partial charge in [-0.05, 0) is 80.8 Å². The van der Waals surface area contributed by atoms with Crippen LogP contribution in [0.3, 0.4) is 0 Å². The van der Waals surface area contributed by atoms with Crippen LogP contribution in [0.4, 0.5) is 5.69 Å². The Morgan fingerprint density at radius 1 is 1.06 bits per heavy atom. The van der Waals surface area contributed by atoms with Crippen molar-refractivity contribution in [2.75, 3.05) is 18.0 Å². The summed E-state index contributed by atoms with van der Waals surface area (Å²) in [7, 11) is 0. The van der Waals surface area contributed by atoms with Crippen LogP contribution < -0.4 is 15.0 Å². The summed E-state index contributed by atoms with van der Waals surface area (Å²) in [6, 6.07) is 15.4. The number of nitrogens with one attached hydrogen (secondary N) is 1. The average Bonchev–Trinajstić information content (AvgIpc) is 2.81. The summed E-state index contributed by atoms with van der Waals surface area (Å²) < 4.78 is 6.04. The van der Waals surface area contributed by atoms with Gasteiger partial charge in [-0.25, -0.2) is 0 Å². The fourth-order valence-electron chi connectivity index (χ4n) is 4.54. The summed E-state index contributed by atoms with van der Waals surface area (Å²) in [5.41, 5.74) is 2.36. The predicted molar refractivity (Wildman–Crippen MR) is 127 cm³/mol. The standard InChI is InChI=1S/C26H30ClN3O2/c1-18-12-14-30(15-13-18)22-7-2-19(3-8-22)26(31)29-21-5-10-23(11-6-21)32-24-9-4-20(17-28)25(27)16-24/h2-4,7-9,16,18,21,23H,5-6,10-15H2,1H3,(H,29,31)/t21-,23-. The maximum Gasteiger partial charge on any atom is 0.251 e. The fraction of sp³-hybridized carbons (Fsp3) is 0.462. The molecule has 1 saturated heterocycles. The van der Waals surface area contributed by atoms with Crippen LogP contribution in [0.15, 0.2) is 42.5 Å². The van der Waals surface area contributed by atoms with Crippen LogP contribution in [-0.2, 0) is 0 Å². The summed E-state index contributed by atoms with van der Waals surface area (Å²) in [5, 5.41) is 12.6. The lowest BCUT2D eigenvalue weighted by atomic mass is 9.92. The molecule has 0 atom stereocenters. The second-order valence-electron chi connectivity index (χ2n) is 9.03. The number of nitrogens with zero attached hydrogens (tertiary/aromatic N) is 2. The molecular formula is C26H30ClN3O2. The molecule has 0 unspecified atom stereocenters. The minimum absolute atomic E-state index is 0.00735. The molecular weight excluding hydrogens is 422 g/mol. The lowest BCUT2D eigenvalue weighted by Crippen LogP contribution is -2.39. The molecule has 4 rings (SSSR count). The van der Waals surface area contributed by atoms with Crippen molar-refractivity contribution in [3.05, 3.63) is 58.6 Å². The van der Waals surface area contributed by atoms with Gasteiger partial charge in [0.1, 0.15) is 11.8 Å². The molecule has 5 nitrogen and oxygen atoms in total. The van der Waals surface area contributed by atoms with E-state index in [0.29, 0.717) is 21.9 Å². The highest BCUT2D eigenvalue weighted by atomic mass is 35.5. The minimum Gasteiger partial charge on any atom is -0.490 e. The van der Waals surface area contributed by atoms with Gasteiger partial charge in [0, 0.05) is 36.4 Å². The van der Waals surface area contributed by atoms with Crippen molar-refractivity contribution >= 4 is 23.2 Å². The first kappa shape index (κ1) is 22.5. The highest BCUT2D eigenvalue weighted by molar-refractivity contribution is 6.31. The van der Waals surface area contributed by atoms with E-state index in [9.17, 15) is 4.79 Å². The molecule has 2 aliphatic rings. The van der Waals surface area contributed by atoms with E-state index < -0.39 is 0 Å². The van der Waals surface area contributed by atoms with Crippen molar-refractivity contribution in [2.45, 2.75) is 57.6 Å². The SMILES string of the molecule is CC1CCN(c2ccc(C(=O)N[C@H]3CC[C@H](Oc4ccc(C#N)c(Cl)c4)CC3)cc2)CC1. The van der Waals surface area contributed by atoms with E-state index in [-0.39, 0.29) is 18.1 Å². The van der Waals surface area contributed by atoms with Crippen LogP contribution in [-0.4, -0.2) is 31.1 Å². The van der Waals surface area contributed by atoms with Crippen molar-refractivity contribution in [3.8, 4) is 11.8 Å². The molecule has 168 valence electrons. The monoisotopic (exact) mass is 451 g/mol. The summed E-state index contributed by atoms with van der Waals surface area (Å²) in [5.74, 6) is 1.48. The Morgan fingerprint density at radius 2 is 1.75 bits per heavy atom. The summed E-state index contributed by atoms with van der Waals surface area (Å²) in [6.45, 7) is 4.49. The minimum atomic E-state index is -0.00735. The maximum atomic E-state index is 12.7. The molecule has 1 aliphatic carbocycles. The second kappa shape index (κ2) is 10.3. The third-order valence-corrected chi connectivity index (χ3v) is 6.96. The quantitative estimate of drug-likeness (QED) is 0.645. The number of amides is 1. The topological polar surface area (TPSA) is 65.4 Å². The van der Waals surface area contributed by atoms with Gasteiger partial charge in [-0.1, -0.05) is 18.5 Å². The summed E-state index contributed by atoms with van der Waals surface area (Å²) in [6.07, 6.45) is 6.05. The van der Waals surface area contributed by atoms with Gasteiger partial charge in [-0.3, -0.25) is 4.79 Å². The van der Waals surface area contributed by atoms with Gasteiger partial charge < -0.3 is 15.0 Å². The second-order valence-corrected chi connectivity index (χ2v) is 9.44. The van der Waals surface area contributed by atoms with E-state index in [2.05, 4.69) is 35.3 Å². The number of anilines is 1. The van der Waals surface area contributed by atoms with E-state index in [1.807, 2.05) is 12.1 Å². The van der Waals surface area contributed by atoms with Crippen molar-refractivity contribution in [1.82, 2.24) is 5.32 Å². The summed E-state index contributed by atoms with van der Waals surface area (Å²) >= 11 is 6.09. The summed E-state index contributed by atoms with van der Waals surface area (Å²) in [4.78, 5) is 15.1. The Kier molecular flexibility index (Phi) is 7.22. The first-order valence-electron chi connectivity index (χ1n) is 11.5. The number of benzene rings is 2. The van der Waals surface area contributed by atoms with Crippen LogP contribution in [0.1, 0.15) is 61.4 Å². The predicted octanol–water partition coefficient (Wildman–Crippen LogP) is 5.57. The van der Waals surface area contributed by atoms with Crippen molar-refractivity contribution in [1.29, 1.82) is 5.26 Å². The smallest absolute Gasteiger partial charge is 0.251 e. The van der Waals surface area contributed by atoms with Gasteiger partial charge >= 0.3 is 0 Å². The Bertz CT molecular complexity index is 970. The highest BCUT2D eigenvalue weighted by Gasteiger charge is 2.24. The first-order chi connectivity index (χ1) is 15.5. The van der Waals surface area contributed by atoms with Crippen molar-refractivity contribution < 1.29 is 9.53 Å². The number of piperidine rings is 1. The Balaban J connectivity index is 1.24. The molecule has 1 amide bonds. The Hall–Kier alpha value is -2.71. The molecule has 2 fully saturated rings. The van der Waals surface area contributed by atoms with Gasteiger partial charge in [0.05, 0.1) is 16.7 Å². The number of halogens is 1. The van der Waals surface area contributed by atoms with Gasteiger partial charge in [0.2, 0.25) is 0 Å². The van der Waals surface area contributed by atoms with Gasteiger partial charge in [-0.2, -0.15) is 5.26 Å². The Labute approximate surface area is 195 Å². The fourth-order valence-corrected chi connectivity index (χ4v) is 4.75. The highest BCUT2D eigenvalue weighted by Crippen LogP contribution is 2.28. The molecule has 6 heteroatoms. The molecule has 0 spiro atoms. The van der Waals surface area contributed by atoms with Crippen LogP contribution in [0.5, 0.6) is 5.75 Å². The molecule has 1 saturated carbocycles. The zero-order chi connectivity index (χ0) is 22.5. The van der Waals surface area contributed by atoms with Gasteiger partial charge in [0.15, 0.2) is 0 Å². The first-order valence-corrected chi connectivity index (χ1v) is 11.9. The number of hydrogen-bond donors (Lipinski definition) is 1. The largest absolute Gasteiger partial charge is 0.490 e. The molecule has 0 aromatic heterocycles. The van der Waals surface area contributed by atoms with E-state index in [4.69, 9.17) is 21.6 Å². The lowest BCUT2D eigenvalue weighted by Gasteiger charge is -2.32. The normalized spacial score (nSPS) is 21.6. The molecule has 1 aliphatic heterocycles. The molecule has 0 bridgehead atoms. The zero-order valence-corrected chi connectivity index (χ0v) is 19.3. The molecule has 0 radical (unpaired) electrons. The number of carbonyl (C=O) groups excluding carboxylic acids is 1. The van der Waals surface area contributed by atoms with E-state index in [1.165, 1.54) is 18.5 Å². The average molecular weight is 452 g/mol. The van der Waals surface area contributed by atoms with E-state index >= 15 is 0 Å². The van der Waals surface area contributed by atoms with Gasteiger partial charge in [-0.15, -0.1) is 0 Å². The number of nitriles is 1. The van der Waals surface area contributed by atoms with E-state index in [0.717, 1.165) is 44.7 Å². The number of carbonyl (C=O) groups is 1. The van der Waals surface area contributed by atoms with E-state index in [1.54, 1.807) is 18.2 Å². The molecule has 2 aromatic carbocycles.